The number of H-pyrrole nitrogens is 1. The summed E-state index contributed by atoms with van der Waals surface area (Å²) >= 11 is 0. The highest BCUT2D eigenvalue weighted by Gasteiger charge is 2.20. The predicted octanol–water partition coefficient (Wildman–Crippen LogP) is 1.56. The number of nitrogens with one attached hydrogen (secondary N) is 1. The first kappa shape index (κ1) is 13.8. The van der Waals surface area contributed by atoms with Crippen LogP contribution < -0.4 is 0 Å². The molecule has 0 saturated carbocycles. The molecule has 0 amide bonds. The van der Waals surface area contributed by atoms with Gasteiger partial charge in [-0.25, -0.2) is 17.7 Å². The number of hydrogen-bond acceptors (Lipinski definition) is 3. The highest BCUT2D eigenvalue weighted by atomic mass is 32.2. The summed E-state index contributed by atoms with van der Waals surface area (Å²) in [5.41, 5.74) is 1.66. The van der Waals surface area contributed by atoms with E-state index in [0.717, 1.165) is 17.0 Å². The molecule has 2 aromatic rings. The van der Waals surface area contributed by atoms with Gasteiger partial charge in [0.1, 0.15) is 5.82 Å². The SMILES string of the molecule is Cc1ccc(Cc2ncc[nH]2)cc1S(=O)(=O)N(C)C. The minimum Gasteiger partial charge on any atom is -0.348 e. The van der Waals surface area contributed by atoms with Gasteiger partial charge in [0.15, 0.2) is 0 Å². The van der Waals surface area contributed by atoms with Crippen LogP contribution >= 0.6 is 0 Å². The van der Waals surface area contributed by atoms with Crippen LogP contribution in [0.4, 0.5) is 0 Å². The van der Waals surface area contributed by atoms with Gasteiger partial charge in [-0.1, -0.05) is 12.1 Å². The number of hydrogen-bond donors (Lipinski definition) is 1. The third-order valence-corrected chi connectivity index (χ3v) is 4.89. The number of aryl methyl sites for hydroxylation is 1. The van der Waals surface area contributed by atoms with Crippen LogP contribution in [0.1, 0.15) is 17.0 Å². The molecule has 2 rings (SSSR count). The molecule has 0 aliphatic carbocycles. The van der Waals surface area contributed by atoms with Crippen molar-refractivity contribution in [3.8, 4) is 0 Å². The van der Waals surface area contributed by atoms with Gasteiger partial charge in [0.05, 0.1) is 4.90 Å². The first-order chi connectivity index (χ1) is 8.91. The van der Waals surface area contributed by atoms with Crippen molar-refractivity contribution in [3.63, 3.8) is 0 Å². The van der Waals surface area contributed by atoms with Crippen LogP contribution in [0.5, 0.6) is 0 Å². The minimum absolute atomic E-state index is 0.349. The molecule has 0 saturated heterocycles. The average Bonchev–Trinajstić information content (AvgIpc) is 2.84. The van der Waals surface area contributed by atoms with E-state index in [0.29, 0.717) is 11.3 Å². The Kier molecular flexibility index (Phi) is 3.73. The lowest BCUT2D eigenvalue weighted by Crippen LogP contribution is -2.23. The lowest BCUT2D eigenvalue weighted by molar-refractivity contribution is 0.520. The largest absolute Gasteiger partial charge is 0.348 e. The molecule has 0 aliphatic rings. The van der Waals surface area contributed by atoms with E-state index in [1.807, 2.05) is 12.1 Å². The summed E-state index contributed by atoms with van der Waals surface area (Å²) in [6.07, 6.45) is 4.02. The van der Waals surface area contributed by atoms with Crippen LogP contribution in [0.15, 0.2) is 35.5 Å². The van der Waals surface area contributed by atoms with E-state index < -0.39 is 10.0 Å². The fourth-order valence-electron chi connectivity index (χ4n) is 1.82. The summed E-state index contributed by atoms with van der Waals surface area (Å²) in [5, 5.41) is 0. The maximum Gasteiger partial charge on any atom is 0.242 e. The van der Waals surface area contributed by atoms with Crippen molar-refractivity contribution in [1.82, 2.24) is 14.3 Å². The summed E-state index contributed by atoms with van der Waals surface area (Å²) in [6.45, 7) is 1.80. The molecule has 0 radical (unpaired) electrons. The van der Waals surface area contributed by atoms with Crippen LogP contribution in [0.2, 0.25) is 0 Å². The molecule has 0 atom stereocenters. The van der Waals surface area contributed by atoms with Gasteiger partial charge >= 0.3 is 0 Å². The third kappa shape index (κ3) is 2.85. The Labute approximate surface area is 113 Å². The highest BCUT2D eigenvalue weighted by Crippen LogP contribution is 2.20. The Morgan fingerprint density at radius 2 is 2.05 bits per heavy atom. The van der Waals surface area contributed by atoms with Gasteiger partial charge in [0.25, 0.3) is 0 Å². The van der Waals surface area contributed by atoms with Gasteiger partial charge in [-0.3, -0.25) is 0 Å². The number of imidazole rings is 1. The minimum atomic E-state index is -3.41. The topological polar surface area (TPSA) is 66.1 Å². The number of aromatic nitrogens is 2. The van der Waals surface area contributed by atoms with Crippen molar-refractivity contribution >= 4 is 10.0 Å². The van der Waals surface area contributed by atoms with Gasteiger partial charge in [-0.2, -0.15) is 0 Å². The standard InChI is InChI=1S/C13H17N3O2S/c1-10-4-5-11(9-13-14-6-7-15-13)8-12(10)19(17,18)16(2)3/h4-8H,9H2,1-3H3,(H,14,15). The van der Waals surface area contributed by atoms with Crippen LogP contribution in [0, 0.1) is 6.92 Å². The fraction of sp³-hybridized carbons (Fsp3) is 0.308. The lowest BCUT2D eigenvalue weighted by atomic mass is 10.1. The zero-order valence-electron chi connectivity index (χ0n) is 11.2. The number of rotatable bonds is 4. The fourth-order valence-corrected chi connectivity index (χ4v) is 2.99. The third-order valence-electron chi connectivity index (χ3n) is 2.94. The molecule has 0 spiro atoms. The van der Waals surface area contributed by atoms with Gasteiger partial charge in [0, 0.05) is 32.9 Å². The average molecular weight is 279 g/mol. The maximum absolute atomic E-state index is 12.2. The Hall–Kier alpha value is -1.66. The van der Waals surface area contributed by atoms with E-state index >= 15 is 0 Å². The second-order valence-electron chi connectivity index (χ2n) is 4.60. The van der Waals surface area contributed by atoms with Crippen LogP contribution in [-0.2, 0) is 16.4 Å². The molecule has 0 aliphatic heterocycles. The molecule has 0 bridgehead atoms. The Bertz CT molecular complexity index is 661. The van der Waals surface area contributed by atoms with Gasteiger partial charge in [-0.05, 0) is 24.1 Å². The summed E-state index contributed by atoms with van der Waals surface area (Å²) in [6, 6.07) is 5.47. The van der Waals surface area contributed by atoms with Crippen molar-refractivity contribution in [2.45, 2.75) is 18.2 Å². The number of nitrogens with zero attached hydrogens (tertiary/aromatic N) is 2. The molecule has 0 fully saturated rings. The normalized spacial score (nSPS) is 12.0. The smallest absolute Gasteiger partial charge is 0.242 e. The molecular formula is C13H17N3O2S. The quantitative estimate of drug-likeness (QED) is 0.923. The molecule has 1 aromatic heterocycles. The summed E-state index contributed by atoms with van der Waals surface area (Å²) in [4.78, 5) is 7.50. The molecule has 102 valence electrons. The monoisotopic (exact) mass is 279 g/mol. The van der Waals surface area contributed by atoms with Gasteiger partial charge in [-0.15, -0.1) is 0 Å². The van der Waals surface area contributed by atoms with Crippen molar-refractivity contribution in [1.29, 1.82) is 0 Å². The zero-order valence-corrected chi connectivity index (χ0v) is 12.0. The molecule has 1 heterocycles. The van der Waals surface area contributed by atoms with E-state index in [9.17, 15) is 8.42 Å². The summed E-state index contributed by atoms with van der Waals surface area (Å²) in [5.74, 6) is 0.817. The lowest BCUT2D eigenvalue weighted by Gasteiger charge is -2.14. The van der Waals surface area contributed by atoms with Crippen LogP contribution in [0.3, 0.4) is 0 Å². The Morgan fingerprint density at radius 3 is 2.63 bits per heavy atom. The summed E-state index contributed by atoms with van der Waals surface area (Å²) < 4.78 is 25.6. The van der Waals surface area contributed by atoms with Crippen molar-refractivity contribution < 1.29 is 8.42 Å². The zero-order chi connectivity index (χ0) is 14.0. The van der Waals surface area contributed by atoms with E-state index in [4.69, 9.17) is 0 Å². The van der Waals surface area contributed by atoms with Crippen LogP contribution in [0.25, 0.3) is 0 Å². The second kappa shape index (κ2) is 5.14. The number of benzene rings is 1. The Morgan fingerprint density at radius 1 is 1.32 bits per heavy atom. The van der Waals surface area contributed by atoms with Gasteiger partial charge < -0.3 is 4.98 Å². The van der Waals surface area contributed by atoms with Crippen molar-refractivity contribution in [3.05, 3.63) is 47.5 Å². The predicted molar refractivity (Wildman–Crippen MR) is 73.4 cm³/mol. The molecule has 1 N–H and O–H groups in total. The first-order valence-electron chi connectivity index (χ1n) is 5.91. The molecule has 1 aromatic carbocycles. The molecule has 5 nitrogen and oxygen atoms in total. The first-order valence-corrected chi connectivity index (χ1v) is 7.35. The molecular weight excluding hydrogens is 262 g/mol. The van der Waals surface area contributed by atoms with Crippen molar-refractivity contribution in [2.24, 2.45) is 0 Å². The number of aromatic amines is 1. The highest BCUT2D eigenvalue weighted by molar-refractivity contribution is 7.89. The summed E-state index contributed by atoms with van der Waals surface area (Å²) in [7, 11) is -0.335. The maximum atomic E-state index is 12.2. The molecule has 0 unspecified atom stereocenters. The van der Waals surface area contributed by atoms with E-state index in [1.165, 1.54) is 18.4 Å². The molecule has 19 heavy (non-hydrogen) atoms. The van der Waals surface area contributed by atoms with E-state index in [1.54, 1.807) is 25.4 Å². The van der Waals surface area contributed by atoms with E-state index in [-0.39, 0.29) is 0 Å². The van der Waals surface area contributed by atoms with E-state index in [2.05, 4.69) is 9.97 Å². The Balaban J connectivity index is 2.41. The van der Waals surface area contributed by atoms with Crippen molar-refractivity contribution in [2.75, 3.05) is 14.1 Å². The van der Waals surface area contributed by atoms with Gasteiger partial charge in [0.2, 0.25) is 10.0 Å². The molecule has 6 heteroatoms. The van der Waals surface area contributed by atoms with Crippen LogP contribution in [-0.4, -0.2) is 36.8 Å². The number of sulfonamides is 1. The second-order valence-corrected chi connectivity index (χ2v) is 6.72.